The van der Waals surface area contributed by atoms with Crippen LogP contribution in [0.5, 0.6) is 5.75 Å². The number of hydrogen-bond acceptors (Lipinski definition) is 7. The molecule has 0 saturated heterocycles. The molecule has 0 aliphatic heterocycles. The van der Waals surface area contributed by atoms with Gasteiger partial charge in [0.15, 0.2) is 0 Å². The van der Waals surface area contributed by atoms with Crippen molar-refractivity contribution in [3.63, 3.8) is 0 Å². The summed E-state index contributed by atoms with van der Waals surface area (Å²) in [6.07, 6.45) is 5.30. The fourth-order valence-corrected chi connectivity index (χ4v) is 4.30. The molecule has 3 heterocycles. The lowest BCUT2D eigenvalue weighted by Crippen LogP contribution is -2.41. The molecule has 0 bridgehead atoms. The summed E-state index contributed by atoms with van der Waals surface area (Å²) >= 11 is 6.15. The number of hydrogen-bond donors (Lipinski definition) is 2. The average Bonchev–Trinajstić information content (AvgIpc) is 3.16. The maximum atomic E-state index is 6.15. The second-order valence-corrected chi connectivity index (χ2v) is 8.54. The van der Waals surface area contributed by atoms with Gasteiger partial charge < -0.3 is 15.4 Å². The summed E-state index contributed by atoms with van der Waals surface area (Å²) in [5.74, 6) is 2.41. The minimum Gasteiger partial charge on any atom is -0.495 e. The first-order valence-corrected chi connectivity index (χ1v) is 10.9. The third-order valence-electron chi connectivity index (χ3n) is 5.98. The molecule has 9 heteroatoms. The van der Waals surface area contributed by atoms with Crippen LogP contribution in [-0.2, 0) is 5.41 Å². The maximum absolute atomic E-state index is 6.15. The zero-order valence-electron chi connectivity index (χ0n) is 18.0. The second kappa shape index (κ2) is 8.27. The maximum Gasteiger partial charge on any atom is 0.256 e. The van der Waals surface area contributed by atoms with E-state index in [0.717, 1.165) is 36.6 Å². The highest BCUT2D eigenvalue weighted by Gasteiger charge is 2.39. The minimum atomic E-state index is 0.0422. The van der Waals surface area contributed by atoms with E-state index in [1.165, 1.54) is 6.42 Å². The predicted octanol–water partition coefficient (Wildman–Crippen LogP) is 4.77. The van der Waals surface area contributed by atoms with Crippen molar-refractivity contribution >= 4 is 34.8 Å². The van der Waals surface area contributed by atoms with E-state index >= 15 is 0 Å². The molecule has 32 heavy (non-hydrogen) atoms. The Bertz CT molecular complexity index is 1250. The molecule has 2 N–H and O–H groups in total. The van der Waals surface area contributed by atoms with Crippen molar-refractivity contribution in [3.05, 3.63) is 65.1 Å². The van der Waals surface area contributed by atoms with Crippen molar-refractivity contribution in [3.8, 4) is 5.75 Å². The largest absolute Gasteiger partial charge is 0.495 e. The monoisotopic (exact) mass is 449 g/mol. The van der Waals surface area contributed by atoms with Gasteiger partial charge in [0.05, 0.1) is 12.8 Å². The molecule has 164 valence electrons. The number of methoxy groups -OCH3 is 1. The van der Waals surface area contributed by atoms with Crippen molar-refractivity contribution in [2.75, 3.05) is 24.3 Å². The number of nitrogens with zero attached hydrogens (tertiary/aromatic N) is 5. The fourth-order valence-electron chi connectivity index (χ4n) is 4.13. The van der Waals surface area contributed by atoms with Crippen LogP contribution in [0.25, 0.3) is 5.78 Å². The van der Waals surface area contributed by atoms with Crippen molar-refractivity contribution in [1.29, 1.82) is 0 Å². The minimum absolute atomic E-state index is 0.0422. The number of pyridine rings is 1. The Morgan fingerprint density at radius 2 is 2.03 bits per heavy atom. The van der Waals surface area contributed by atoms with Crippen LogP contribution in [0.15, 0.2) is 48.7 Å². The lowest BCUT2D eigenvalue weighted by Gasteiger charge is -2.41. The van der Waals surface area contributed by atoms with E-state index in [9.17, 15) is 0 Å². The van der Waals surface area contributed by atoms with Crippen molar-refractivity contribution in [2.24, 2.45) is 0 Å². The van der Waals surface area contributed by atoms with Crippen LogP contribution in [0.1, 0.15) is 30.7 Å². The van der Waals surface area contributed by atoms with E-state index in [1.807, 2.05) is 25.3 Å². The zero-order valence-corrected chi connectivity index (χ0v) is 18.7. The Kier molecular flexibility index (Phi) is 5.30. The molecule has 3 aromatic heterocycles. The third-order valence-corrected chi connectivity index (χ3v) is 6.21. The van der Waals surface area contributed by atoms with E-state index in [0.29, 0.717) is 28.2 Å². The van der Waals surface area contributed by atoms with Crippen LogP contribution in [-0.4, -0.2) is 38.2 Å². The third kappa shape index (κ3) is 3.82. The highest BCUT2D eigenvalue weighted by Crippen LogP contribution is 2.42. The molecule has 0 radical (unpaired) electrons. The number of fused-ring (bicyclic) bond motifs is 1. The highest BCUT2D eigenvalue weighted by atomic mass is 35.5. The molecule has 0 spiro atoms. The first-order valence-electron chi connectivity index (χ1n) is 10.6. The van der Waals surface area contributed by atoms with Gasteiger partial charge in [-0.25, -0.2) is 4.98 Å². The molecule has 0 atom stereocenters. The Hall–Kier alpha value is -3.39. The van der Waals surface area contributed by atoms with Gasteiger partial charge >= 0.3 is 0 Å². The topological polar surface area (TPSA) is 89.3 Å². The molecule has 1 aliphatic rings. The van der Waals surface area contributed by atoms with Crippen molar-refractivity contribution in [2.45, 2.75) is 31.6 Å². The molecular weight excluding hydrogens is 426 g/mol. The summed E-state index contributed by atoms with van der Waals surface area (Å²) in [5.41, 5.74) is 2.72. The van der Waals surface area contributed by atoms with Crippen LogP contribution in [0, 0.1) is 6.92 Å². The first kappa shape index (κ1) is 20.5. The molecule has 1 saturated carbocycles. The van der Waals surface area contributed by atoms with E-state index in [2.05, 4.69) is 42.8 Å². The van der Waals surface area contributed by atoms with Crippen LogP contribution in [0.4, 0.5) is 17.5 Å². The number of benzene rings is 1. The molecule has 1 fully saturated rings. The summed E-state index contributed by atoms with van der Waals surface area (Å²) in [5, 5.41) is 12.0. The standard InChI is InChI=1S/C23H24ClN7O/c1-15-12-20(26-14-23(9-5-10-23)19-6-3-4-11-25-19)31-22(27-15)29-21(30-31)28-17-13-16(24)7-8-18(17)32-2/h3-4,6-8,11-13,26H,5,9-10,14H2,1-2H3,(H,28,30). The number of aromatic nitrogens is 5. The summed E-state index contributed by atoms with van der Waals surface area (Å²) < 4.78 is 7.13. The van der Waals surface area contributed by atoms with Gasteiger partial charge in [-0.3, -0.25) is 4.98 Å². The average molecular weight is 450 g/mol. The first-order chi connectivity index (χ1) is 15.6. The van der Waals surface area contributed by atoms with Crippen molar-refractivity contribution in [1.82, 2.24) is 24.6 Å². The lowest BCUT2D eigenvalue weighted by molar-refractivity contribution is 0.252. The van der Waals surface area contributed by atoms with Crippen LogP contribution in [0.3, 0.4) is 0 Å². The van der Waals surface area contributed by atoms with Crippen LogP contribution in [0.2, 0.25) is 5.02 Å². The number of anilines is 3. The number of rotatable bonds is 7. The van der Waals surface area contributed by atoms with Gasteiger partial charge in [0.25, 0.3) is 5.78 Å². The molecule has 1 aromatic carbocycles. The van der Waals surface area contributed by atoms with E-state index in [4.69, 9.17) is 16.3 Å². The number of ether oxygens (including phenoxy) is 1. The molecular formula is C23H24ClN7O. The van der Waals surface area contributed by atoms with Gasteiger partial charge in [-0.05, 0) is 50.1 Å². The van der Waals surface area contributed by atoms with Gasteiger partial charge in [0.2, 0.25) is 5.95 Å². The summed E-state index contributed by atoms with van der Waals surface area (Å²) in [7, 11) is 1.61. The Labute approximate surface area is 191 Å². The molecule has 0 unspecified atom stereocenters. The van der Waals surface area contributed by atoms with Gasteiger partial charge in [0, 0.05) is 40.6 Å². The second-order valence-electron chi connectivity index (χ2n) is 8.10. The highest BCUT2D eigenvalue weighted by molar-refractivity contribution is 6.31. The molecule has 4 aromatic rings. The quantitative estimate of drug-likeness (QED) is 0.420. The lowest BCUT2D eigenvalue weighted by atomic mass is 9.66. The molecule has 8 nitrogen and oxygen atoms in total. The van der Waals surface area contributed by atoms with Gasteiger partial charge in [-0.15, -0.1) is 5.10 Å². The van der Waals surface area contributed by atoms with Gasteiger partial charge in [-0.2, -0.15) is 9.50 Å². The van der Waals surface area contributed by atoms with Crippen molar-refractivity contribution < 1.29 is 4.74 Å². The smallest absolute Gasteiger partial charge is 0.256 e. The van der Waals surface area contributed by atoms with E-state index in [1.54, 1.807) is 29.8 Å². The fraction of sp³-hybridized carbons (Fsp3) is 0.304. The van der Waals surface area contributed by atoms with E-state index in [-0.39, 0.29) is 5.41 Å². The zero-order chi connectivity index (χ0) is 22.1. The Morgan fingerprint density at radius 1 is 1.16 bits per heavy atom. The predicted molar refractivity (Wildman–Crippen MR) is 125 cm³/mol. The SMILES string of the molecule is COc1ccc(Cl)cc1Nc1nc2nc(C)cc(NCC3(c4ccccn4)CCC3)n2n1. The normalized spacial score (nSPS) is 14.7. The number of nitrogens with one attached hydrogen (secondary N) is 2. The van der Waals surface area contributed by atoms with E-state index < -0.39 is 0 Å². The molecule has 1 aliphatic carbocycles. The Morgan fingerprint density at radius 3 is 2.75 bits per heavy atom. The molecule has 5 rings (SSSR count). The Balaban J connectivity index is 1.43. The summed E-state index contributed by atoms with van der Waals surface area (Å²) in [6.45, 7) is 2.72. The van der Waals surface area contributed by atoms with Gasteiger partial charge in [-0.1, -0.05) is 24.1 Å². The van der Waals surface area contributed by atoms with Crippen LogP contribution >= 0.6 is 11.6 Å². The molecule has 0 amide bonds. The van der Waals surface area contributed by atoms with Gasteiger partial charge in [0.1, 0.15) is 11.6 Å². The van der Waals surface area contributed by atoms with Crippen LogP contribution < -0.4 is 15.4 Å². The number of halogens is 1. The summed E-state index contributed by atoms with van der Waals surface area (Å²) in [4.78, 5) is 13.7. The summed E-state index contributed by atoms with van der Waals surface area (Å²) in [6, 6.07) is 13.4. The number of aryl methyl sites for hydroxylation is 1.